The highest BCUT2D eigenvalue weighted by molar-refractivity contribution is 5.91. The SMILES string of the molecule is CO/C(=C\C(C)=N)C(C)(C)C(=O)O. The number of methoxy groups -OCH3 is 1. The fraction of sp³-hybridized carbons (Fsp3) is 0.556. The van der Waals surface area contributed by atoms with Crippen LogP contribution in [0.5, 0.6) is 0 Å². The first-order valence-electron chi connectivity index (χ1n) is 3.87. The molecule has 0 heterocycles. The Balaban J connectivity index is 4.98. The van der Waals surface area contributed by atoms with Crippen LogP contribution in [0.1, 0.15) is 20.8 Å². The highest BCUT2D eigenvalue weighted by atomic mass is 16.5. The van der Waals surface area contributed by atoms with Gasteiger partial charge in [0.25, 0.3) is 0 Å². The number of carbonyl (C=O) groups is 1. The molecule has 0 radical (unpaired) electrons. The highest BCUT2D eigenvalue weighted by Gasteiger charge is 2.33. The third-order valence-corrected chi connectivity index (χ3v) is 1.72. The van der Waals surface area contributed by atoms with Crippen LogP contribution in [0.15, 0.2) is 11.8 Å². The molecule has 4 heteroatoms. The van der Waals surface area contributed by atoms with E-state index in [1.807, 2.05) is 0 Å². The van der Waals surface area contributed by atoms with Crippen molar-refractivity contribution in [2.75, 3.05) is 7.11 Å². The number of ether oxygens (including phenoxy) is 1. The van der Waals surface area contributed by atoms with Crippen molar-refractivity contribution in [3.8, 4) is 0 Å². The van der Waals surface area contributed by atoms with E-state index in [1.54, 1.807) is 6.92 Å². The molecule has 74 valence electrons. The zero-order chi connectivity index (χ0) is 10.6. The Labute approximate surface area is 77.7 Å². The molecule has 0 aliphatic carbocycles. The summed E-state index contributed by atoms with van der Waals surface area (Å²) in [6.45, 7) is 4.64. The molecule has 0 aromatic heterocycles. The van der Waals surface area contributed by atoms with Crippen molar-refractivity contribution in [1.29, 1.82) is 5.41 Å². The maximum absolute atomic E-state index is 10.8. The number of hydrogen-bond acceptors (Lipinski definition) is 3. The van der Waals surface area contributed by atoms with E-state index in [-0.39, 0.29) is 11.5 Å². The van der Waals surface area contributed by atoms with E-state index < -0.39 is 11.4 Å². The first-order chi connectivity index (χ1) is 5.82. The fourth-order valence-electron chi connectivity index (χ4n) is 0.797. The number of nitrogens with one attached hydrogen (secondary N) is 1. The normalized spacial score (nSPS) is 12.5. The van der Waals surface area contributed by atoms with Crippen molar-refractivity contribution < 1.29 is 14.6 Å². The summed E-state index contributed by atoms with van der Waals surface area (Å²) in [5, 5.41) is 16.1. The van der Waals surface area contributed by atoms with Crippen LogP contribution in [-0.2, 0) is 9.53 Å². The molecule has 0 spiro atoms. The molecular formula is C9H15NO3. The molecule has 0 aliphatic heterocycles. The molecule has 0 amide bonds. The van der Waals surface area contributed by atoms with Gasteiger partial charge in [-0.25, -0.2) is 0 Å². The lowest BCUT2D eigenvalue weighted by molar-refractivity contribution is -0.146. The van der Waals surface area contributed by atoms with Gasteiger partial charge >= 0.3 is 5.97 Å². The summed E-state index contributed by atoms with van der Waals surface area (Å²) in [4.78, 5) is 10.8. The second kappa shape index (κ2) is 4.07. The van der Waals surface area contributed by atoms with Crippen molar-refractivity contribution in [1.82, 2.24) is 0 Å². The Kier molecular flexibility index (Phi) is 3.66. The smallest absolute Gasteiger partial charge is 0.316 e. The van der Waals surface area contributed by atoms with E-state index in [4.69, 9.17) is 15.3 Å². The Hall–Kier alpha value is -1.32. The molecule has 0 aromatic rings. The lowest BCUT2D eigenvalue weighted by atomic mass is 9.90. The topological polar surface area (TPSA) is 70.4 Å². The minimum atomic E-state index is -1.09. The maximum atomic E-state index is 10.8. The molecule has 0 aliphatic rings. The van der Waals surface area contributed by atoms with Crippen LogP contribution in [0.4, 0.5) is 0 Å². The van der Waals surface area contributed by atoms with Gasteiger partial charge in [0.15, 0.2) is 0 Å². The lowest BCUT2D eigenvalue weighted by Crippen LogP contribution is -2.27. The van der Waals surface area contributed by atoms with Gasteiger partial charge in [-0.1, -0.05) is 0 Å². The van der Waals surface area contributed by atoms with Crippen LogP contribution >= 0.6 is 0 Å². The largest absolute Gasteiger partial charge is 0.500 e. The first-order valence-corrected chi connectivity index (χ1v) is 3.87. The standard InChI is InChI=1S/C9H15NO3/c1-6(10)5-7(13-4)9(2,3)8(11)12/h5,10H,1-4H3,(H,11,12)/b7-5-,10-6?. The van der Waals surface area contributed by atoms with Crippen molar-refractivity contribution in [2.45, 2.75) is 20.8 Å². The fourth-order valence-corrected chi connectivity index (χ4v) is 0.797. The number of allylic oxidation sites excluding steroid dienone is 1. The molecule has 0 rings (SSSR count). The molecule has 2 N–H and O–H groups in total. The van der Waals surface area contributed by atoms with Gasteiger partial charge in [0.2, 0.25) is 0 Å². The minimum absolute atomic E-state index is 0.270. The van der Waals surface area contributed by atoms with Gasteiger partial charge < -0.3 is 15.3 Å². The second-order valence-corrected chi connectivity index (χ2v) is 3.33. The van der Waals surface area contributed by atoms with Gasteiger partial charge in [-0.15, -0.1) is 0 Å². The molecular weight excluding hydrogens is 170 g/mol. The first kappa shape index (κ1) is 11.7. The van der Waals surface area contributed by atoms with Crippen LogP contribution in [0.3, 0.4) is 0 Å². The van der Waals surface area contributed by atoms with Gasteiger partial charge in [0, 0.05) is 5.71 Å². The van der Waals surface area contributed by atoms with Crippen LogP contribution in [0.2, 0.25) is 0 Å². The van der Waals surface area contributed by atoms with Gasteiger partial charge in [0.1, 0.15) is 11.2 Å². The summed E-state index contributed by atoms with van der Waals surface area (Å²) in [5.41, 5.74) is -0.817. The average molecular weight is 185 g/mol. The quantitative estimate of drug-likeness (QED) is 0.517. The number of carboxylic acids is 1. The van der Waals surface area contributed by atoms with Gasteiger partial charge in [0.05, 0.1) is 7.11 Å². The Morgan fingerprint density at radius 1 is 1.54 bits per heavy atom. The van der Waals surface area contributed by atoms with Crippen LogP contribution in [-0.4, -0.2) is 23.9 Å². The zero-order valence-corrected chi connectivity index (χ0v) is 8.34. The van der Waals surface area contributed by atoms with Crippen molar-refractivity contribution in [3.63, 3.8) is 0 Å². The van der Waals surface area contributed by atoms with Gasteiger partial charge in [-0.3, -0.25) is 4.79 Å². The molecule has 0 atom stereocenters. The van der Waals surface area contributed by atoms with E-state index in [0.717, 1.165) is 0 Å². The summed E-state index contributed by atoms with van der Waals surface area (Å²) in [7, 11) is 1.40. The summed E-state index contributed by atoms with van der Waals surface area (Å²) in [6, 6.07) is 0. The van der Waals surface area contributed by atoms with E-state index >= 15 is 0 Å². The third kappa shape index (κ3) is 2.89. The Morgan fingerprint density at radius 2 is 2.00 bits per heavy atom. The number of aliphatic carboxylic acids is 1. The minimum Gasteiger partial charge on any atom is -0.500 e. The van der Waals surface area contributed by atoms with E-state index in [2.05, 4.69) is 0 Å². The second-order valence-electron chi connectivity index (χ2n) is 3.33. The Morgan fingerprint density at radius 3 is 2.23 bits per heavy atom. The van der Waals surface area contributed by atoms with Crippen molar-refractivity contribution in [2.24, 2.45) is 5.41 Å². The summed E-state index contributed by atoms with van der Waals surface area (Å²) in [6.07, 6.45) is 1.41. The zero-order valence-electron chi connectivity index (χ0n) is 8.34. The number of carboxylic acid groups (broad SMARTS) is 1. The monoisotopic (exact) mass is 185 g/mol. The molecule has 0 saturated carbocycles. The van der Waals surface area contributed by atoms with Crippen LogP contribution < -0.4 is 0 Å². The van der Waals surface area contributed by atoms with Gasteiger partial charge in [-0.2, -0.15) is 0 Å². The summed E-state index contributed by atoms with van der Waals surface area (Å²) >= 11 is 0. The summed E-state index contributed by atoms with van der Waals surface area (Å²) in [5.74, 6) is -0.686. The molecule has 13 heavy (non-hydrogen) atoms. The number of rotatable bonds is 4. The maximum Gasteiger partial charge on any atom is 0.316 e. The number of hydrogen-bond donors (Lipinski definition) is 2. The molecule has 0 bridgehead atoms. The third-order valence-electron chi connectivity index (χ3n) is 1.72. The predicted octanol–water partition coefficient (Wildman–Crippen LogP) is 1.67. The molecule has 4 nitrogen and oxygen atoms in total. The molecule has 0 fully saturated rings. The van der Waals surface area contributed by atoms with Crippen molar-refractivity contribution in [3.05, 3.63) is 11.8 Å². The van der Waals surface area contributed by atoms with E-state index in [1.165, 1.54) is 27.0 Å². The van der Waals surface area contributed by atoms with Gasteiger partial charge in [-0.05, 0) is 26.8 Å². The van der Waals surface area contributed by atoms with Crippen LogP contribution in [0.25, 0.3) is 0 Å². The molecule has 0 aromatic carbocycles. The Bertz CT molecular complexity index is 254. The predicted molar refractivity (Wildman–Crippen MR) is 49.9 cm³/mol. The highest BCUT2D eigenvalue weighted by Crippen LogP contribution is 2.26. The van der Waals surface area contributed by atoms with E-state index in [0.29, 0.717) is 0 Å². The average Bonchev–Trinajstić information content (AvgIpc) is 1.99. The lowest BCUT2D eigenvalue weighted by Gasteiger charge is -2.21. The molecule has 0 unspecified atom stereocenters. The summed E-state index contributed by atoms with van der Waals surface area (Å²) < 4.78 is 4.93. The van der Waals surface area contributed by atoms with E-state index in [9.17, 15) is 4.79 Å². The molecule has 0 saturated heterocycles. The van der Waals surface area contributed by atoms with Crippen molar-refractivity contribution >= 4 is 11.7 Å². The van der Waals surface area contributed by atoms with Crippen LogP contribution in [0, 0.1) is 10.8 Å².